The van der Waals surface area contributed by atoms with Crippen molar-refractivity contribution >= 4 is 5.91 Å². The Morgan fingerprint density at radius 3 is 3.12 bits per heavy atom. The number of benzene rings is 1. The van der Waals surface area contributed by atoms with Crippen LogP contribution in [0.1, 0.15) is 29.7 Å². The van der Waals surface area contributed by atoms with Gasteiger partial charge in [0.15, 0.2) is 23.8 Å². The van der Waals surface area contributed by atoms with E-state index < -0.39 is 0 Å². The normalized spacial score (nSPS) is 18.8. The molecular formula is C18H20N2O6. The molecule has 3 heterocycles. The van der Waals surface area contributed by atoms with E-state index in [0.717, 1.165) is 6.42 Å². The number of hydrogen-bond acceptors (Lipinski definition) is 7. The van der Waals surface area contributed by atoms with E-state index in [1.165, 1.54) is 6.26 Å². The van der Waals surface area contributed by atoms with Gasteiger partial charge in [-0.2, -0.15) is 0 Å². The first-order valence-corrected chi connectivity index (χ1v) is 8.60. The van der Waals surface area contributed by atoms with Gasteiger partial charge in [-0.1, -0.05) is 6.92 Å². The van der Waals surface area contributed by atoms with Crippen molar-refractivity contribution in [3.05, 3.63) is 36.0 Å². The van der Waals surface area contributed by atoms with Crippen LogP contribution in [0, 0.1) is 0 Å². The van der Waals surface area contributed by atoms with Gasteiger partial charge >= 0.3 is 0 Å². The van der Waals surface area contributed by atoms with Gasteiger partial charge in [-0.05, 0) is 18.6 Å². The van der Waals surface area contributed by atoms with E-state index in [-0.39, 0.29) is 31.1 Å². The predicted octanol–water partition coefficient (Wildman–Crippen LogP) is 2.23. The Balaban J connectivity index is 1.36. The molecule has 2 aliphatic rings. The lowest BCUT2D eigenvalue weighted by atomic mass is 10.2. The summed E-state index contributed by atoms with van der Waals surface area (Å²) in [5, 5.41) is 0. The van der Waals surface area contributed by atoms with Crippen molar-refractivity contribution in [2.45, 2.75) is 26.1 Å². The van der Waals surface area contributed by atoms with E-state index in [9.17, 15) is 4.79 Å². The average molecular weight is 360 g/mol. The van der Waals surface area contributed by atoms with Crippen LogP contribution in [0.25, 0.3) is 0 Å². The maximum atomic E-state index is 12.6. The van der Waals surface area contributed by atoms with Gasteiger partial charge in [-0.15, -0.1) is 0 Å². The molecule has 0 spiro atoms. The van der Waals surface area contributed by atoms with Crippen LogP contribution in [0.5, 0.6) is 17.2 Å². The molecule has 2 aliphatic heterocycles. The number of fused-ring (bicyclic) bond motifs is 1. The molecule has 1 saturated heterocycles. The summed E-state index contributed by atoms with van der Waals surface area (Å²) in [5.41, 5.74) is 0.283. The van der Waals surface area contributed by atoms with Gasteiger partial charge in [0.05, 0.1) is 12.7 Å². The zero-order chi connectivity index (χ0) is 17.9. The highest BCUT2D eigenvalue weighted by Gasteiger charge is 2.26. The van der Waals surface area contributed by atoms with E-state index in [1.807, 2.05) is 6.92 Å². The fourth-order valence-corrected chi connectivity index (χ4v) is 2.90. The van der Waals surface area contributed by atoms with Crippen LogP contribution in [0.3, 0.4) is 0 Å². The fourth-order valence-electron chi connectivity index (χ4n) is 2.90. The van der Waals surface area contributed by atoms with Crippen LogP contribution >= 0.6 is 0 Å². The lowest BCUT2D eigenvalue weighted by Crippen LogP contribution is -2.45. The maximum absolute atomic E-state index is 12.6. The molecule has 138 valence electrons. The summed E-state index contributed by atoms with van der Waals surface area (Å²) in [6.07, 6.45) is 2.32. The molecule has 4 rings (SSSR count). The molecule has 8 heteroatoms. The number of carbonyl (C=O) groups is 1. The predicted molar refractivity (Wildman–Crippen MR) is 89.3 cm³/mol. The molecule has 1 aromatic carbocycles. The highest BCUT2D eigenvalue weighted by Crippen LogP contribution is 2.35. The van der Waals surface area contributed by atoms with Gasteiger partial charge in [-0.25, -0.2) is 4.98 Å². The van der Waals surface area contributed by atoms with E-state index in [0.29, 0.717) is 42.8 Å². The van der Waals surface area contributed by atoms with Crippen LogP contribution in [-0.2, 0) is 11.3 Å². The molecule has 1 amide bonds. The van der Waals surface area contributed by atoms with Crippen molar-refractivity contribution in [1.82, 2.24) is 9.88 Å². The number of nitrogens with zero attached hydrogens (tertiary/aromatic N) is 2. The van der Waals surface area contributed by atoms with Crippen molar-refractivity contribution in [2.75, 3.05) is 26.5 Å². The summed E-state index contributed by atoms with van der Waals surface area (Å²) >= 11 is 0. The van der Waals surface area contributed by atoms with Crippen LogP contribution in [0.4, 0.5) is 0 Å². The summed E-state index contributed by atoms with van der Waals surface area (Å²) in [6.45, 7) is 4.05. The third-order valence-corrected chi connectivity index (χ3v) is 4.36. The Bertz CT molecular complexity index is 790. The second kappa shape index (κ2) is 7.25. The van der Waals surface area contributed by atoms with Crippen molar-refractivity contribution in [3.8, 4) is 17.2 Å². The summed E-state index contributed by atoms with van der Waals surface area (Å²) in [5.74, 6) is 2.14. The third-order valence-electron chi connectivity index (χ3n) is 4.36. The van der Waals surface area contributed by atoms with Crippen molar-refractivity contribution in [1.29, 1.82) is 0 Å². The molecule has 0 bridgehead atoms. The molecular weight excluding hydrogens is 340 g/mol. The Morgan fingerprint density at radius 2 is 2.23 bits per heavy atom. The topological polar surface area (TPSA) is 83.3 Å². The number of rotatable bonds is 5. The first-order chi connectivity index (χ1) is 12.7. The zero-order valence-corrected chi connectivity index (χ0v) is 14.5. The number of ether oxygens (including phenoxy) is 4. The zero-order valence-electron chi connectivity index (χ0n) is 14.5. The Hall–Kier alpha value is -2.74. The van der Waals surface area contributed by atoms with Gasteiger partial charge in [0.25, 0.3) is 5.91 Å². The summed E-state index contributed by atoms with van der Waals surface area (Å²) in [4.78, 5) is 18.5. The minimum absolute atomic E-state index is 0.0772. The standard InChI is InChI=1S/C18H20N2O6/c1-2-12-8-20(5-6-22-12)18(21)14-9-24-17(19-14)10-23-13-3-4-15-16(7-13)26-11-25-15/h3-4,7,9,12H,2,5-6,8,10-11H2,1H3. The number of morpholine rings is 1. The quantitative estimate of drug-likeness (QED) is 0.808. The molecule has 8 nitrogen and oxygen atoms in total. The lowest BCUT2D eigenvalue weighted by Gasteiger charge is -2.31. The molecule has 1 unspecified atom stereocenters. The largest absolute Gasteiger partial charge is 0.484 e. The molecule has 1 fully saturated rings. The summed E-state index contributed by atoms with van der Waals surface area (Å²) in [6, 6.07) is 5.31. The Kier molecular flexibility index (Phi) is 4.66. The van der Waals surface area contributed by atoms with E-state index >= 15 is 0 Å². The fraction of sp³-hybridized carbons (Fsp3) is 0.444. The maximum Gasteiger partial charge on any atom is 0.275 e. The Labute approximate surface area is 150 Å². The monoisotopic (exact) mass is 360 g/mol. The van der Waals surface area contributed by atoms with Crippen molar-refractivity contribution in [3.63, 3.8) is 0 Å². The third kappa shape index (κ3) is 3.45. The number of amides is 1. The number of oxazole rings is 1. The van der Waals surface area contributed by atoms with Gasteiger partial charge in [0, 0.05) is 19.2 Å². The number of carbonyl (C=O) groups excluding carboxylic acids is 1. The molecule has 0 N–H and O–H groups in total. The second-order valence-electron chi connectivity index (χ2n) is 6.08. The van der Waals surface area contributed by atoms with Gasteiger partial charge in [0.1, 0.15) is 12.0 Å². The van der Waals surface area contributed by atoms with E-state index in [4.69, 9.17) is 23.4 Å². The first kappa shape index (κ1) is 16.7. The summed E-state index contributed by atoms with van der Waals surface area (Å²) < 4.78 is 27.2. The summed E-state index contributed by atoms with van der Waals surface area (Å²) in [7, 11) is 0. The molecule has 26 heavy (non-hydrogen) atoms. The molecule has 2 aromatic rings. The van der Waals surface area contributed by atoms with Crippen molar-refractivity contribution in [2.24, 2.45) is 0 Å². The van der Waals surface area contributed by atoms with Crippen LogP contribution in [0.2, 0.25) is 0 Å². The molecule has 1 aromatic heterocycles. The van der Waals surface area contributed by atoms with Crippen LogP contribution in [0.15, 0.2) is 28.9 Å². The Morgan fingerprint density at radius 1 is 1.35 bits per heavy atom. The molecule has 0 radical (unpaired) electrons. The van der Waals surface area contributed by atoms with Crippen LogP contribution < -0.4 is 14.2 Å². The minimum atomic E-state index is -0.148. The SMILES string of the molecule is CCC1CN(C(=O)c2coc(COc3ccc4c(c3)OCO4)n2)CCO1. The number of hydrogen-bond donors (Lipinski definition) is 0. The first-order valence-electron chi connectivity index (χ1n) is 8.60. The van der Waals surface area contributed by atoms with E-state index in [1.54, 1.807) is 23.1 Å². The van der Waals surface area contributed by atoms with Gasteiger partial charge in [0.2, 0.25) is 12.7 Å². The number of aromatic nitrogens is 1. The lowest BCUT2D eigenvalue weighted by molar-refractivity contribution is -0.0228. The average Bonchev–Trinajstić information content (AvgIpc) is 3.34. The van der Waals surface area contributed by atoms with Crippen molar-refractivity contribution < 1.29 is 28.2 Å². The minimum Gasteiger partial charge on any atom is -0.484 e. The highest BCUT2D eigenvalue weighted by molar-refractivity contribution is 5.92. The van der Waals surface area contributed by atoms with Gasteiger partial charge < -0.3 is 28.3 Å². The van der Waals surface area contributed by atoms with Gasteiger partial charge in [-0.3, -0.25) is 4.79 Å². The smallest absolute Gasteiger partial charge is 0.275 e. The highest BCUT2D eigenvalue weighted by atomic mass is 16.7. The van der Waals surface area contributed by atoms with E-state index in [2.05, 4.69) is 4.98 Å². The molecule has 1 atom stereocenters. The molecule has 0 saturated carbocycles. The molecule has 0 aliphatic carbocycles. The second-order valence-corrected chi connectivity index (χ2v) is 6.08. The van der Waals surface area contributed by atoms with Crippen LogP contribution in [-0.4, -0.2) is 48.4 Å².